The van der Waals surface area contributed by atoms with Crippen LogP contribution in [0.1, 0.15) is 11.4 Å². The highest BCUT2D eigenvalue weighted by Gasteiger charge is 2.32. The number of carbonyl (C=O) groups excluding carboxylic acids is 1. The number of hydrogen-bond acceptors (Lipinski definition) is 7. The zero-order valence-electron chi connectivity index (χ0n) is 15.8. The third kappa shape index (κ3) is 3.52. The summed E-state index contributed by atoms with van der Waals surface area (Å²) in [5.74, 6) is 0.963. The van der Waals surface area contributed by atoms with E-state index in [0.717, 1.165) is 5.56 Å². The number of ether oxygens (including phenoxy) is 1. The molecular weight excluding hydrogens is 390 g/mol. The second-order valence-electron chi connectivity index (χ2n) is 6.16. The maximum absolute atomic E-state index is 13.0. The molecule has 0 N–H and O–H groups in total. The molecule has 0 saturated carbocycles. The van der Waals surface area contributed by atoms with Gasteiger partial charge < -0.3 is 4.74 Å². The molecule has 3 aromatic rings. The molecule has 0 aliphatic carbocycles. The van der Waals surface area contributed by atoms with Gasteiger partial charge in [-0.05, 0) is 31.2 Å². The Kier molecular flexibility index (Phi) is 5.13. The second-order valence-corrected chi connectivity index (χ2v) is 7.10. The summed E-state index contributed by atoms with van der Waals surface area (Å²) in [6.07, 6.45) is 1.54. The van der Waals surface area contributed by atoms with Gasteiger partial charge in [0.25, 0.3) is 11.5 Å². The van der Waals surface area contributed by atoms with Gasteiger partial charge in [0, 0.05) is 5.56 Å². The van der Waals surface area contributed by atoms with Gasteiger partial charge in [-0.15, -0.1) is 5.10 Å². The van der Waals surface area contributed by atoms with Gasteiger partial charge in [-0.1, -0.05) is 36.0 Å². The Morgan fingerprint density at radius 2 is 1.90 bits per heavy atom. The minimum atomic E-state index is -0.328. The molecule has 2 heterocycles. The van der Waals surface area contributed by atoms with Crippen molar-refractivity contribution in [1.82, 2.24) is 9.66 Å². The normalized spacial score (nSPS) is 15.7. The molecule has 0 radical (unpaired) electrons. The minimum Gasteiger partial charge on any atom is -0.496 e. The first-order chi connectivity index (χ1) is 14.1. The van der Waals surface area contributed by atoms with E-state index in [0.29, 0.717) is 27.6 Å². The quantitative estimate of drug-likeness (QED) is 0.489. The Morgan fingerprint density at radius 3 is 2.72 bits per heavy atom. The van der Waals surface area contributed by atoms with Gasteiger partial charge in [-0.3, -0.25) is 9.59 Å². The summed E-state index contributed by atoms with van der Waals surface area (Å²) in [5.41, 5.74) is 1.00. The molecule has 0 bridgehead atoms. The van der Waals surface area contributed by atoms with Crippen molar-refractivity contribution < 1.29 is 9.53 Å². The van der Waals surface area contributed by atoms with Gasteiger partial charge in [0.15, 0.2) is 0 Å². The molecule has 1 aliphatic rings. The molecule has 1 aliphatic heterocycles. The molecule has 1 saturated heterocycles. The molecule has 146 valence electrons. The van der Waals surface area contributed by atoms with E-state index in [1.165, 1.54) is 21.4 Å². The van der Waals surface area contributed by atoms with Crippen molar-refractivity contribution in [3.63, 3.8) is 0 Å². The molecule has 1 aromatic heterocycles. The second kappa shape index (κ2) is 7.88. The van der Waals surface area contributed by atoms with Gasteiger partial charge in [0.05, 0.1) is 30.0 Å². The number of fused-ring (bicyclic) bond motifs is 1. The fourth-order valence-corrected chi connectivity index (χ4v) is 3.79. The van der Waals surface area contributed by atoms with Crippen LogP contribution in [-0.4, -0.2) is 39.8 Å². The number of amidine groups is 1. The lowest BCUT2D eigenvalue weighted by molar-refractivity contribution is -0.116. The van der Waals surface area contributed by atoms with Crippen LogP contribution in [0.15, 0.2) is 63.5 Å². The van der Waals surface area contributed by atoms with Gasteiger partial charge in [-0.25, -0.2) is 4.98 Å². The summed E-state index contributed by atoms with van der Waals surface area (Å²) >= 11 is 1.22. The number of methoxy groups -OCH3 is 1. The lowest BCUT2D eigenvalue weighted by atomic mass is 10.2. The number of carbonyl (C=O) groups is 1. The van der Waals surface area contributed by atoms with Gasteiger partial charge in [0.2, 0.25) is 5.17 Å². The fraction of sp³-hybridized carbons (Fsp3) is 0.150. The first kappa shape index (κ1) is 18.9. The maximum atomic E-state index is 13.0. The van der Waals surface area contributed by atoms with Crippen molar-refractivity contribution in [1.29, 1.82) is 0 Å². The number of rotatable bonds is 4. The van der Waals surface area contributed by atoms with Crippen LogP contribution in [0, 0.1) is 6.92 Å². The van der Waals surface area contributed by atoms with Crippen LogP contribution in [0.5, 0.6) is 5.75 Å². The predicted octanol–water partition coefficient (Wildman–Crippen LogP) is 2.32. The molecule has 1 amide bonds. The monoisotopic (exact) mass is 407 g/mol. The van der Waals surface area contributed by atoms with Crippen LogP contribution in [0.2, 0.25) is 0 Å². The van der Waals surface area contributed by atoms with Gasteiger partial charge in [0.1, 0.15) is 11.6 Å². The van der Waals surface area contributed by atoms with E-state index in [9.17, 15) is 9.59 Å². The van der Waals surface area contributed by atoms with Gasteiger partial charge in [-0.2, -0.15) is 14.8 Å². The fourth-order valence-electron chi connectivity index (χ4n) is 3.01. The van der Waals surface area contributed by atoms with E-state index in [1.54, 1.807) is 38.4 Å². The smallest absolute Gasteiger partial charge is 0.280 e. The van der Waals surface area contributed by atoms with Crippen molar-refractivity contribution in [3.8, 4) is 5.75 Å². The topological polar surface area (TPSA) is 89.2 Å². The van der Waals surface area contributed by atoms with E-state index in [4.69, 9.17) is 4.74 Å². The van der Waals surface area contributed by atoms with Crippen molar-refractivity contribution >= 4 is 40.0 Å². The standard InChI is InChI=1S/C20H17N5O3S/c1-13-22-16-9-5-4-8-15(16)19(27)24(13)25-18(26)12-29-20(25)23-21-11-14-7-3-6-10-17(14)28-2/h3-11H,12H2,1-2H3/b21-11+,23-20-. The zero-order chi connectivity index (χ0) is 20.4. The number of thioether (sulfide) groups is 1. The minimum absolute atomic E-state index is 0.168. The highest BCUT2D eigenvalue weighted by Crippen LogP contribution is 2.20. The molecule has 29 heavy (non-hydrogen) atoms. The van der Waals surface area contributed by atoms with Crippen molar-refractivity contribution in [2.75, 3.05) is 17.9 Å². The van der Waals surface area contributed by atoms with E-state index in [1.807, 2.05) is 30.3 Å². The van der Waals surface area contributed by atoms with Crippen LogP contribution in [0.3, 0.4) is 0 Å². The Balaban J connectivity index is 1.74. The Bertz CT molecular complexity index is 1220. The SMILES string of the molecule is COc1ccccc1/C=N/N=C1\SCC(=O)N1n1c(C)nc2ccccc2c1=O. The molecule has 9 heteroatoms. The van der Waals surface area contributed by atoms with E-state index >= 15 is 0 Å². The Morgan fingerprint density at radius 1 is 1.14 bits per heavy atom. The summed E-state index contributed by atoms with van der Waals surface area (Å²) in [6.45, 7) is 1.68. The number of hydrogen-bond donors (Lipinski definition) is 0. The van der Waals surface area contributed by atoms with E-state index < -0.39 is 0 Å². The van der Waals surface area contributed by atoms with E-state index in [2.05, 4.69) is 15.2 Å². The van der Waals surface area contributed by atoms with E-state index in [-0.39, 0.29) is 17.2 Å². The molecule has 0 unspecified atom stereocenters. The molecular formula is C20H17N5O3S. The number of aromatic nitrogens is 2. The third-order valence-corrected chi connectivity index (χ3v) is 5.24. The average Bonchev–Trinajstić information content (AvgIpc) is 3.09. The maximum Gasteiger partial charge on any atom is 0.280 e. The van der Waals surface area contributed by atoms with Crippen LogP contribution >= 0.6 is 11.8 Å². The highest BCUT2D eigenvalue weighted by molar-refractivity contribution is 8.15. The van der Waals surface area contributed by atoms with Crippen molar-refractivity contribution in [2.45, 2.75) is 6.92 Å². The summed E-state index contributed by atoms with van der Waals surface area (Å²) < 4.78 is 6.54. The molecule has 1 fully saturated rings. The zero-order valence-corrected chi connectivity index (χ0v) is 16.6. The van der Waals surface area contributed by atoms with Crippen LogP contribution < -0.4 is 15.3 Å². The summed E-state index contributed by atoms with van der Waals surface area (Å²) in [6, 6.07) is 14.4. The lowest BCUT2D eigenvalue weighted by Gasteiger charge is -2.20. The first-order valence-electron chi connectivity index (χ1n) is 8.78. The number of amides is 1. The van der Waals surface area contributed by atoms with Crippen molar-refractivity contribution in [3.05, 3.63) is 70.3 Å². The number of aryl methyl sites for hydroxylation is 1. The molecule has 2 aromatic carbocycles. The highest BCUT2D eigenvalue weighted by atomic mass is 32.2. The third-order valence-electron chi connectivity index (χ3n) is 4.34. The number of nitrogens with zero attached hydrogens (tertiary/aromatic N) is 5. The van der Waals surface area contributed by atoms with Crippen LogP contribution in [0.4, 0.5) is 0 Å². The lowest BCUT2D eigenvalue weighted by Crippen LogP contribution is -2.47. The number of benzene rings is 2. The summed E-state index contributed by atoms with van der Waals surface area (Å²) in [7, 11) is 1.58. The summed E-state index contributed by atoms with van der Waals surface area (Å²) in [4.78, 5) is 30.0. The molecule has 8 nitrogen and oxygen atoms in total. The first-order valence-corrected chi connectivity index (χ1v) is 9.77. The molecule has 4 rings (SSSR count). The Labute approximate surface area is 170 Å². The largest absolute Gasteiger partial charge is 0.496 e. The van der Waals surface area contributed by atoms with Crippen molar-refractivity contribution in [2.24, 2.45) is 10.2 Å². The van der Waals surface area contributed by atoms with Crippen LogP contribution in [0.25, 0.3) is 10.9 Å². The van der Waals surface area contributed by atoms with Gasteiger partial charge >= 0.3 is 0 Å². The van der Waals surface area contributed by atoms with Crippen LogP contribution in [-0.2, 0) is 4.79 Å². The Hall–Kier alpha value is -3.46. The molecule has 0 spiro atoms. The summed E-state index contributed by atoms with van der Waals surface area (Å²) in [5, 5.41) is 10.2. The predicted molar refractivity (Wildman–Crippen MR) is 114 cm³/mol. The number of para-hydroxylation sites is 2. The molecule has 0 atom stereocenters. The average molecular weight is 407 g/mol.